The topological polar surface area (TPSA) is 53.5 Å². The zero-order valence-corrected chi connectivity index (χ0v) is 13.7. The van der Waals surface area contributed by atoms with Crippen LogP contribution < -0.4 is 10.7 Å². The van der Waals surface area contributed by atoms with Gasteiger partial charge in [0.1, 0.15) is 11.9 Å². The van der Waals surface area contributed by atoms with Crippen molar-refractivity contribution in [1.29, 1.82) is 0 Å². The van der Waals surface area contributed by atoms with Crippen LogP contribution in [0.3, 0.4) is 0 Å². The van der Waals surface area contributed by atoms with Gasteiger partial charge in [0, 0.05) is 11.1 Å². The predicted molar refractivity (Wildman–Crippen MR) is 99.2 cm³/mol. The molecule has 25 heavy (non-hydrogen) atoms. The number of hydrogen-bond acceptors (Lipinski definition) is 3. The molecule has 0 saturated heterocycles. The first-order valence-electron chi connectivity index (χ1n) is 7.96. The van der Waals surface area contributed by atoms with Gasteiger partial charge in [0.25, 0.3) is 5.91 Å². The molecule has 0 fully saturated rings. The summed E-state index contributed by atoms with van der Waals surface area (Å²) >= 11 is 0. The highest BCUT2D eigenvalue weighted by molar-refractivity contribution is 5.96. The van der Waals surface area contributed by atoms with E-state index < -0.39 is 6.04 Å². The Kier molecular flexibility index (Phi) is 5.04. The van der Waals surface area contributed by atoms with Gasteiger partial charge in [-0.05, 0) is 36.1 Å². The van der Waals surface area contributed by atoms with Crippen LogP contribution >= 0.6 is 0 Å². The lowest BCUT2D eigenvalue weighted by Gasteiger charge is -2.15. The average molecular weight is 335 g/mol. The van der Waals surface area contributed by atoms with E-state index in [2.05, 4.69) is 15.8 Å². The largest absolute Gasteiger partial charge is 0.373 e. The number of nitrogens with zero attached hydrogens (tertiary/aromatic N) is 1. The molecule has 0 aliphatic carbocycles. The van der Waals surface area contributed by atoms with Crippen molar-refractivity contribution in [3.8, 4) is 0 Å². The van der Waals surface area contributed by atoms with Crippen LogP contribution in [-0.4, -0.2) is 18.2 Å². The molecule has 4 nitrogen and oxygen atoms in total. The van der Waals surface area contributed by atoms with Crippen LogP contribution in [0.25, 0.3) is 10.8 Å². The van der Waals surface area contributed by atoms with Gasteiger partial charge in [0.2, 0.25) is 0 Å². The Hall–Kier alpha value is -3.21. The van der Waals surface area contributed by atoms with Gasteiger partial charge < -0.3 is 5.32 Å². The molecule has 0 spiro atoms. The van der Waals surface area contributed by atoms with Crippen molar-refractivity contribution in [3.63, 3.8) is 0 Å². The number of rotatable bonds is 5. The normalized spacial score (nSPS) is 12.2. The molecule has 0 heterocycles. The van der Waals surface area contributed by atoms with E-state index in [9.17, 15) is 9.18 Å². The summed E-state index contributed by atoms with van der Waals surface area (Å²) in [5.74, 6) is -0.569. The Morgan fingerprint density at radius 2 is 1.76 bits per heavy atom. The van der Waals surface area contributed by atoms with Crippen molar-refractivity contribution in [1.82, 2.24) is 5.43 Å². The number of carbonyl (C=O) groups is 1. The first kappa shape index (κ1) is 16.6. The van der Waals surface area contributed by atoms with Crippen molar-refractivity contribution in [2.75, 3.05) is 5.32 Å². The fraction of sp³-hybridized carbons (Fsp3) is 0.100. The van der Waals surface area contributed by atoms with Gasteiger partial charge in [-0.3, -0.25) is 4.79 Å². The first-order chi connectivity index (χ1) is 12.1. The van der Waals surface area contributed by atoms with E-state index in [1.54, 1.807) is 19.1 Å². The second kappa shape index (κ2) is 7.57. The third-order valence-electron chi connectivity index (χ3n) is 3.81. The van der Waals surface area contributed by atoms with Crippen molar-refractivity contribution in [2.24, 2.45) is 5.10 Å². The quantitative estimate of drug-likeness (QED) is 0.548. The Bertz CT molecular complexity index is 901. The number of fused-ring (bicyclic) bond motifs is 1. The second-order valence-corrected chi connectivity index (χ2v) is 5.68. The minimum Gasteiger partial charge on any atom is -0.373 e. The highest BCUT2D eigenvalue weighted by Gasteiger charge is 2.12. The molecule has 0 aliphatic heterocycles. The Morgan fingerprint density at radius 3 is 2.56 bits per heavy atom. The van der Waals surface area contributed by atoms with E-state index in [1.165, 1.54) is 18.3 Å². The molecule has 5 heteroatoms. The smallest absolute Gasteiger partial charge is 0.262 e. The minimum absolute atomic E-state index is 0.258. The van der Waals surface area contributed by atoms with Crippen LogP contribution in [0.4, 0.5) is 10.1 Å². The molecular formula is C20H18FN3O. The number of carbonyl (C=O) groups excluding carboxylic acids is 1. The molecule has 126 valence electrons. The molecule has 1 unspecified atom stereocenters. The fourth-order valence-corrected chi connectivity index (χ4v) is 2.47. The molecule has 1 atom stereocenters. The SMILES string of the molecule is CC(Nc1cccc2ccccc12)C(=O)N/N=C/c1ccc(F)cc1. The molecule has 2 N–H and O–H groups in total. The summed E-state index contributed by atoms with van der Waals surface area (Å²) in [6.07, 6.45) is 1.47. The summed E-state index contributed by atoms with van der Waals surface area (Å²) in [6, 6.07) is 19.3. The summed E-state index contributed by atoms with van der Waals surface area (Å²) in [6.45, 7) is 1.77. The maximum Gasteiger partial charge on any atom is 0.262 e. The number of nitrogens with one attached hydrogen (secondary N) is 2. The van der Waals surface area contributed by atoms with Gasteiger partial charge in [-0.25, -0.2) is 9.82 Å². The Labute approximate surface area is 145 Å². The third-order valence-corrected chi connectivity index (χ3v) is 3.81. The predicted octanol–water partition coefficient (Wildman–Crippen LogP) is 3.93. The molecule has 3 rings (SSSR count). The Morgan fingerprint density at radius 1 is 1.04 bits per heavy atom. The van der Waals surface area contributed by atoms with Gasteiger partial charge in [-0.2, -0.15) is 5.10 Å². The van der Waals surface area contributed by atoms with Gasteiger partial charge in [-0.15, -0.1) is 0 Å². The van der Waals surface area contributed by atoms with Crippen LogP contribution in [0, 0.1) is 5.82 Å². The van der Waals surface area contributed by atoms with E-state index in [0.29, 0.717) is 5.56 Å². The Balaban J connectivity index is 1.63. The molecule has 1 amide bonds. The van der Waals surface area contributed by atoms with E-state index in [0.717, 1.165) is 16.5 Å². The summed E-state index contributed by atoms with van der Waals surface area (Å²) < 4.78 is 12.8. The third kappa shape index (κ3) is 4.20. The van der Waals surface area contributed by atoms with Gasteiger partial charge in [0.15, 0.2) is 0 Å². The standard InChI is InChI=1S/C20H18FN3O/c1-14(20(25)24-22-13-15-9-11-17(21)12-10-15)23-19-8-4-6-16-5-2-3-7-18(16)19/h2-14,23H,1H3,(H,24,25)/b22-13+. The van der Waals surface area contributed by atoms with Gasteiger partial charge in [0.05, 0.1) is 6.21 Å². The summed E-state index contributed by atoms with van der Waals surface area (Å²) in [4.78, 5) is 12.2. The molecular weight excluding hydrogens is 317 g/mol. The highest BCUT2D eigenvalue weighted by atomic mass is 19.1. The molecule has 3 aromatic carbocycles. The zero-order valence-electron chi connectivity index (χ0n) is 13.7. The summed E-state index contributed by atoms with van der Waals surface area (Å²) in [5, 5.41) is 9.28. The monoisotopic (exact) mass is 335 g/mol. The highest BCUT2D eigenvalue weighted by Crippen LogP contribution is 2.23. The van der Waals surface area contributed by atoms with E-state index in [-0.39, 0.29) is 11.7 Å². The maximum absolute atomic E-state index is 12.8. The zero-order chi connectivity index (χ0) is 17.6. The molecule has 3 aromatic rings. The lowest BCUT2D eigenvalue weighted by atomic mass is 10.1. The molecule has 0 aromatic heterocycles. The molecule has 0 saturated carbocycles. The molecule has 0 radical (unpaired) electrons. The number of benzene rings is 3. The van der Waals surface area contributed by atoms with Crippen molar-refractivity contribution >= 4 is 28.6 Å². The van der Waals surface area contributed by atoms with Crippen LogP contribution in [-0.2, 0) is 4.79 Å². The van der Waals surface area contributed by atoms with Gasteiger partial charge in [-0.1, -0.05) is 48.5 Å². The fourth-order valence-electron chi connectivity index (χ4n) is 2.47. The van der Waals surface area contributed by atoms with Crippen LogP contribution in [0.2, 0.25) is 0 Å². The van der Waals surface area contributed by atoms with Crippen LogP contribution in [0.15, 0.2) is 71.8 Å². The lowest BCUT2D eigenvalue weighted by Crippen LogP contribution is -2.34. The number of halogens is 1. The van der Waals surface area contributed by atoms with Crippen molar-refractivity contribution < 1.29 is 9.18 Å². The number of hydrazone groups is 1. The summed E-state index contributed by atoms with van der Waals surface area (Å²) in [5.41, 5.74) is 4.08. The van der Waals surface area contributed by atoms with Crippen molar-refractivity contribution in [3.05, 3.63) is 78.1 Å². The van der Waals surface area contributed by atoms with E-state index in [4.69, 9.17) is 0 Å². The van der Waals surface area contributed by atoms with Crippen molar-refractivity contribution in [2.45, 2.75) is 13.0 Å². The summed E-state index contributed by atoms with van der Waals surface area (Å²) in [7, 11) is 0. The second-order valence-electron chi connectivity index (χ2n) is 5.68. The molecule has 0 aliphatic rings. The minimum atomic E-state index is -0.462. The van der Waals surface area contributed by atoms with Crippen LogP contribution in [0.1, 0.15) is 12.5 Å². The number of anilines is 1. The average Bonchev–Trinajstić information content (AvgIpc) is 2.63. The lowest BCUT2D eigenvalue weighted by molar-refractivity contribution is -0.121. The first-order valence-corrected chi connectivity index (χ1v) is 7.96. The van der Waals surface area contributed by atoms with Crippen LogP contribution in [0.5, 0.6) is 0 Å². The maximum atomic E-state index is 12.8. The number of amides is 1. The van der Waals surface area contributed by atoms with Gasteiger partial charge >= 0.3 is 0 Å². The van der Waals surface area contributed by atoms with E-state index in [1.807, 2.05) is 42.5 Å². The molecule has 0 bridgehead atoms. The van der Waals surface area contributed by atoms with E-state index >= 15 is 0 Å². The number of hydrogen-bond donors (Lipinski definition) is 2.